The number of thiophene rings is 1. The molecule has 0 aliphatic heterocycles. The summed E-state index contributed by atoms with van der Waals surface area (Å²) in [7, 11) is 0. The zero-order valence-electron chi connectivity index (χ0n) is 25.6. The SMILES string of the molecule is c1ccc(-c2nc(-c3ccc4cc(-c5cccc6oc7ccccc7c56)ccc4c3)nc(-c3cccc4sc5ccccc5c34)n2)cc1. The number of nitrogens with zero attached hydrogens (tertiary/aromatic N) is 3. The van der Waals surface area contributed by atoms with Crippen molar-refractivity contribution in [3.05, 3.63) is 152 Å². The number of hydrogen-bond acceptors (Lipinski definition) is 5. The van der Waals surface area contributed by atoms with Gasteiger partial charge in [0.25, 0.3) is 0 Å². The van der Waals surface area contributed by atoms with Crippen molar-refractivity contribution in [2.45, 2.75) is 0 Å². The van der Waals surface area contributed by atoms with Crippen LogP contribution in [0.4, 0.5) is 0 Å². The van der Waals surface area contributed by atoms with Crippen LogP contribution in [0.2, 0.25) is 0 Å². The van der Waals surface area contributed by atoms with Gasteiger partial charge in [-0.25, -0.2) is 15.0 Å². The third kappa shape index (κ3) is 4.33. The Kier molecular flexibility index (Phi) is 6.01. The zero-order chi connectivity index (χ0) is 31.6. The summed E-state index contributed by atoms with van der Waals surface area (Å²) < 4.78 is 8.64. The van der Waals surface area contributed by atoms with Gasteiger partial charge in [0, 0.05) is 47.6 Å². The number of rotatable bonds is 4. The van der Waals surface area contributed by atoms with Gasteiger partial charge in [-0.05, 0) is 58.3 Å². The molecular formula is C43H25N3OS. The minimum Gasteiger partial charge on any atom is -0.456 e. The molecule has 0 radical (unpaired) electrons. The van der Waals surface area contributed by atoms with Gasteiger partial charge >= 0.3 is 0 Å². The van der Waals surface area contributed by atoms with Crippen molar-refractivity contribution < 1.29 is 4.42 Å². The van der Waals surface area contributed by atoms with Crippen molar-refractivity contribution in [3.8, 4) is 45.3 Å². The molecule has 10 aromatic rings. The monoisotopic (exact) mass is 631 g/mol. The first kappa shape index (κ1) is 27.0. The van der Waals surface area contributed by atoms with Crippen molar-refractivity contribution in [3.63, 3.8) is 0 Å². The van der Waals surface area contributed by atoms with E-state index in [0.717, 1.165) is 60.5 Å². The molecule has 0 aliphatic carbocycles. The van der Waals surface area contributed by atoms with Gasteiger partial charge in [-0.3, -0.25) is 0 Å². The average molecular weight is 632 g/mol. The fourth-order valence-corrected chi connectivity index (χ4v) is 8.00. The molecule has 0 aliphatic rings. The lowest BCUT2D eigenvalue weighted by Crippen LogP contribution is -2.00. The molecule has 3 heterocycles. The van der Waals surface area contributed by atoms with Gasteiger partial charge in [-0.2, -0.15) is 0 Å². The van der Waals surface area contributed by atoms with Crippen LogP contribution in [0.5, 0.6) is 0 Å². The van der Waals surface area contributed by atoms with E-state index in [-0.39, 0.29) is 0 Å². The van der Waals surface area contributed by atoms with E-state index in [1.165, 1.54) is 20.2 Å². The first-order chi connectivity index (χ1) is 23.8. The van der Waals surface area contributed by atoms with Crippen LogP contribution in [0.25, 0.3) is 98.2 Å². The molecule has 7 aromatic carbocycles. The number of aromatic nitrogens is 3. The van der Waals surface area contributed by atoms with Crippen molar-refractivity contribution in [1.82, 2.24) is 15.0 Å². The standard InChI is InChI=1S/C43H25N3OS/c1-2-10-26(11-3-1)41-44-42(46-43(45-41)34-15-9-19-38-40(34)33-13-5-7-18-37(33)48-38)30-23-21-27-24-29(22-20-28(27)25-30)31-14-8-17-36-39(31)32-12-4-6-16-35(32)47-36/h1-25H. The Labute approximate surface area is 279 Å². The number of furan rings is 1. The van der Waals surface area contributed by atoms with Crippen LogP contribution in [0.15, 0.2) is 156 Å². The van der Waals surface area contributed by atoms with E-state index >= 15 is 0 Å². The maximum atomic E-state index is 6.17. The number of fused-ring (bicyclic) bond motifs is 7. The van der Waals surface area contributed by atoms with Gasteiger partial charge in [-0.1, -0.05) is 115 Å². The van der Waals surface area contributed by atoms with Gasteiger partial charge in [0.2, 0.25) is 0 Å². The second kappa shape index (κ2) is 10.7. The van der Waals surface area contributed by atoms with Gasteiger partial charge in [0.1, 0.15) is 11.2 Å². The Morgan fingerprint density at radius 1 is 0.396 bits per heavy atom. The Hall–Kier alpha value is -6.17. The quantitative estimate of drug-likeness (QED) is 0.194. The molecule has 0 spiro atoms. The molecule has 0 saturated heterocycles. The summed E-state index contributed by atoms with van der Waals surface area (Å²) in [5.41, 5.74) is 7.02. The van der Waals surface area contributed by atoms with Gasteiger partial charge in [-0.15, -0.1) is 11.3 Å². The zero-order valence-corrected chi connectivity index (χ0v) is 26.4. The lowest BCUT2D eigenvalue weighted by atomic mass is 9.96. The van der Waals surface area contributed by atoms with E-state index in [1.807, 2.05) is 36.4 Å². The molecule has 0 amide bonds. The summed E-state index contributed by atoms with van der Waals surface area (Å²) in [6, 6.07) is 52.7. The topological polar surface area (TPSA) is 51.8 Å². The van der Waals surface area contributed by atoms with E-state index in [0.29, 0.717) is 17.5 Å². The van der Waals surface area contributed by atoms with Crippen LogP contribution in [0, 0.1) is 0 Å². The summed E-state index contributed by atoms with van der Waals surface area (Å²) in [6.45, 7) is 0. The molecule has 0 bridgehead atoms. The minimum absolute atomic E-state index is 0.649. The van der Waals surface area contributed by atoms with Crippen molar-refractivity contribution in [2.75, 3.05) is 0 Å². The van der Waals surface area contributed by atoms with Crippen LogP contribution in [-0.2, 0) is 0 Å². The Morgan fingerprint density at radius 2 is 1.02 bits per heavy atom. The van der Waals surface area contributed by atoms with Gasteiger partial charge < -0.3 is 4.42 Å². The molecule has 0 fully saturated rings. The Balaban J connectivity index is 1.13. The summed E-state index contributed by atoms with van der Waals surface area (Å²) in [5.74, 6) is 1.97. The summed E-state index contributed by atoms with van der Waals surface area (Å²) in [5, 5.41) is 6.94. The summed E-state index contributed by atoms with van der Waals surface area (Å²) in [4.78, 5) is 15.2. The predicted molar refractivity (Wildman–Crippen MR) is 199 cm³/mol. The molecule has 0 saturated carbocycles. The van der Waals surface area contributed by atoms with E-state index < -0.39 is 0 Å². The highest BCUT2D eigenvalue weighted by Crippen LogP contribution is 2.40. The Morgan fingerprint density at radius 3 is 1.90 bits per heavy atom. The second-order valence-corrected chi connectivity index (χ2v) is 13.1. The molecule has 10 rings (SSSR count). The molecule has 3 aromatic heterocycles. The molecular weight excluding hydrogens is 607 g/mol. The largest absolute Gasteiger partial charge is 0.456 e. The maximum Gasteiger partial charge on any atom is 0.164 e. The van der Waals surface area contributed by atoms with Crippen LogP contribution in [0.1, 0.15) is 0 Å². The fourth-order valence-electron chi connectivity index (χ4n) is 6.87. The predicted octanol–water partition coefficient (Wildman–Crippen LogP) is 12.0. The van der Waals surface area contributed by atoms with Crippen LogP contribution in [0.3, 0.4) is 0 Å². The molecule has 0 unspecified atom stereocenters. The molecule has 4 nitrogen and oxygen atoms in total. The molecule has 0 N–H and O–H groups in total. The molecule has 0 atom stereocenters. The van der Waals surface area contributed by atoms with Gasteiger partial charge in [0.15, 0.2) is 17.5 Å². The van der Waals surface area contributed by atoms with Crippen molar-refractivity contribution in [1.29, 1.82) is 0 Å². The Bertz CT molecular complexity index is 2850. The highest BCUT2D eigenvalue weighted by molar-refractivity contribution is 7.25. The third-order valence-electron chi connectivity index (χ3n) is 9.12. The van der Waals surface area contributed by atoms with Crippen molar-refractivity contribution in [2.24, 2.45) is 0 Å². The lowest BCUT2D eigenvalue weighted by molar-refractivity contribution is 0.669. The highest BCUT2D eigenvalue weighted by Gasteiger charge is 2.17. The first-order valence-corrected chi connectivity index (χ1v) is 16.8. The van der Waals surface area contributed by atoms with E-state index in [9.17, 15) is 0 Å². The van der Waals surface area contributed by atoms with E-state index in [2.05, 4.69) is 115 Å². The number of hydrogen-bond donors (Lipinski definition) is 0. The van der Waals surface area contributed by atoms with E-state index in [4.69, 9.17) is 19.4 Å². The van der Waals surface area contributed by atoms with E-state index in [1.54, 1.807) is 11.3 Å². The minimum atomic E-state index is 0.649. The van der Waals surface area contributed by atoms with Crippen LogP contribution < -0.4 is 0 Å². The van der Waals surface area contributed by atoms with Crippen LogP contribution >= 0.6 is 11.3 Å². The normalized spacial score (nSPS) is 11.8. The summed E-state index contributed by atoms with van der Waals surface area (Å²) in [6.07, 6.45) is 0. The summed E-state index contributed by atoms with van der Waals surface area (Å²) >= 11 is 1.80. The van der Waals surface area contributed by atoms with Gasteiger partial charge in [0.05, 0.1) is 0 Å². The third-order valence-corrected chi connectivity index (χ3v) is 10.3. The number of benzene rings is 7. The maximum absolute atomic E-state index is 6.17. The number of para-hydroxylation sites is 1. The van der Waals surface area contributed by atoms with Crippen LogP contribution in [-0.4, -0.2) is 15.0 Å². The smallest absolute Gasteiger partial charge is 0.164 e. The first-order valence-electron chi connectivity index (χ1n) is 15.9. The molecule has 5 heteroatoms. The lowest BCUT2D eigenvalue weighted by Gasteiger charge is -2.11. The highest BCUT2D eigenvalue weighted by atomic mass is 32.1. The molecule has 48 heavy (non-hydrogen) atoms. The molecule has 224 valence electrons. The van der Waals surface area contributed by atoms with Crippen molar-refractivity contribution >= 4 is 64.2 Å². The second-order valence-electron chi connectivity index (χ2n) is 12.0. The average Bonchev–Trinajstić information content (AvgIpc) is 3.73. The fraction of sp³-hybridized carbons (Fsp3) is 0.